The van der Waals surface area contributed by atoms with E-state index in [1.54, 1.807) is 24.0 Å². The highest BCUT2D eigenvalue weighted by Crippen LogP contribution is 2.26. The van der Waals surface area contributed by atoms with Gasteiger partial charge in [-0.25, -0.2) is 4.39 Å². The van der Waals surface area contributed by atoms with Gasteiger partial charge in [-0.1, -0.05) is 18.2 Å². The van der Waals surface area contributed by atoms with Crippen LogP contribution in [0.25, 0.3) is 0 Å². The molecule has 1 N–H and O–H groups in total. The number of aryl methyl sites for hydroxylation is 2. The SMILES string of the molecule is Cc1cccc(N2C[C@H](C(=O)Nc3ccc(C)c(F)c3)CC2=O)c1. The summed E-state index contributed by atoms with van der Waals surface area (Å²) in [6.07, 6.45) is 0.161. The van der Waals surface area contributed by atoms with Crippen molar-refractivity contribution in [3.05, 3.63) is 59.4 Å². The number of amides is 2. The molecule has 1 aliphatic rings. The molecule has 0 unspecified atom stereocenters. The van der Waals surface area contributed by atoms with E-state index >= 15 is 0 Å². The molecule has 2 aromatic rings. The summed E-state index contributed by atoms with van der Waals surface area (Å²) >= 11 is 0. The number of carbonyl (C=O) groups is 2. The van der Waals surface area contributed by atoms with Crippen molar-refractivity contribution in [2.75, 3.05) is 16.8 Å². The monoisotopic (exact) mass is 326 g/mol. The summed E-state index contributed by atoms with van der Waals surface area (Å²) in [4.78, 5) is 26.3. The minimum absolute atomic E-state index is 0.0733. The summed E-state index contributed by atoms with van der Waals surface area (Å²) in [5, 5.41) is 2.70. The van der Waals surface area contributed by atoms with E-state index in [9.17, 15) is 14.0 Å². The third kappa shape index (κ3) is 3.30. The van der Waals surface area contributed by atoms with Gasteiger partial charge < -0.3 is 10.2 Å². The Bertz CT molecular complexity index is 804. The molecule has 0 aliphatic carbocycles. The van der Waals surface area contributed by atoms with Crippen LogP contribution in [0.2, 0.25) is 0 Å². The van der Waals surface area contributed by atoms with Gasteiger partial charge in [-0.2, -0.15) is 0 Å². The topological polar surface area (TPSA) is 49.4 Å². The second-order valence-corrected chi connectivity index (χ2v) is 6.20. The van der Waals surface area contributed by atoms with Crippen LogP contribution in [0.15, 0.2) is 42.5 Å². The Labute approximate surface area is 140 Å². The minimum Gasteiger partial charge on any atom is -0.326 e. The first-order chi connectivity index (χ1) is 11.4. The molecule has 1 aliphatic heterocycles. The van der Waals surface area contributed by atoms with E-state index in [1.807, 2.05) is 31.2 Å². The van der Waals surface area contributed by atoms with Crippen molar-refractivity contribution in [3.63, 3.8) is 0 Å². The smallest absolute Gasteiger partial charge is 0.229 e. The number of halogens is 1. The standard InChI is InChI=1S/C19H19FN2O2/c1-12-4-3-5-16(8-12)22-11-14(9-18(22)23)19(24)21-15-7-6-13(2)17(20)10-15/h3-8,10,14H,9,11H2,1-2H3,(H,21,24)/t14-/m1/s1. The number of carbonyl (C=O) groups excluding carboxylic acids is 2. The van der Waals surface area contributed by atoms with E-state index < -0.39 is 5.92 Å². The largest absolute Gasteiger partial charge is 0.326 e. The number of benzene rings is 2. The molecule has 1 fully saturated rings. The molecule has 4 nitrogen and oxygen atoms in total. The minimum atomic E-state index is -0.442. The lowest BCUT2D eigenvalue weighted by atomic mass is 10.1. The highest BCUT2D eigenvalue weighted by Gasteiger charge is 2.35. The molecule has 2 aromatic carbocycles. The molecule has 0 aromatic heterocycles. The Morgan fingerprint density at radius 3 is 2.71 bits per heavy atom. The average Bonchev–Trinajstić information content (AvgIpc) is 2.93. The summed E-state index contributed by atoms with van der Waals surface area (Å²) < 4.78 is 13.6. The number of nitrogens with zero attached hydrogens (tertiary/aromatic N) is 1. The summed E-state index contributed by atoms with van der Waals surface area (Å²) in [5.74, 6) is -1.14. The van der Waals surface area contributed by atoms with Crippen LogP contribution in [0.4, 0.5) is 15.8 Å². The Morgan fingerprint density at radius 2 is 2.00 bits per heavy atom. The van der Waals surface area contributed by atoms with Crippen LogP contribution >= 0.6 is 0 Å². The molecule has 5 heteroatoms. The zero-order valence-corrected chi connectivity index (χ0v) is 13.7. The summed E-state index contributed by atoms with van der Waals surface area (Å²) in [6, 6.07) is 12.2. The molecule has 0 radical (unpaired) electrons. The van der Waals surface area contributed by atoms with Gasteiger partial charge in [0.2, 0.25) is 11.8 Å². The van der Waals surface area contributed by atoms with Crippen LogP contribution in [0, 0.1) is 25.6 Å². The van der Waals surface area contributed by atoms with E-state index in [2.05, 4.69) is 5.32 Å². The summed E-state index contributed by atoms with van der Waals surface area (Å²) in [6.45, 7) is 3.96. The lowest BCUT2D eigenvalue weighted by Gasteiger charge is -2.17. The van der Waals surface area contributed by atoms with Crippen LogP contribution in [-0.4, -0.2) is 18.4 Å². The fraction of sp³-hybridized carbons (Fsp3) is 0.263. The van der Waals surface area contributed by atoms with E-state index in [0.29, 0.717) is 17.8 Å². The lowest BCUT2D eigenvalue weighted by molar-refractivity contribution is -0.122. The highest BCUT2D eigenvalue weighted by atomic mass is 19.1. The summed E-state index contributed by atoms with van der Waals surface area (Å²) in [5.41, 5.74) is 2.79. The van der Waals surface area contributed by atoms with Gasteiger partial charge in [0.1, 0.15) is 5.82 Å². The van der Waals surface area contributed by atoms with Gasteiger partial charge in [-0.3, -0.25) is 9.59 Å². The van der Waals surface area contributed by atoms with Crippen molar-refractivity contribution >= 4 is 23.2 Å². The van der Waals surface area contributed by atoms with Crippen LogP contribution in [0.1, 0.15) is 17.5 Å². The van der Waals surface area contributed by atoms with Crippen molar-refractivity contribution < 1.29 is 14.0 Å². The molecule has 2 amide bonds. The first-order valence-electron chi connectivity index (χ1n) is 7.88. The number of rotatable bonds is 3. The maximum atomic E-state index is 13.6. The normalized spacial score (nSPS) is 17.2. The number of hydrogen-bond acceptors (Lipinski definition) is 2. The highest BCUT2D eigenvalue weighted by molar-refractivity contribution is 6.03. The van der Waals surface area contributed by atoms with E-state index in [1.165, 1.54) is 6.07 Å². The van der Waals surface area contributed by atoms with Gasteiger partial charge in [0.15, 0.2) is 0 Å². The van der Waals surface area contributed by atoms with E-state index in [4.69, 9.17) is 0 Å². The molecule has 1 saturated heterocycles. The molecule has 24 heavy (non-hydrogen) atoms. The Kier molecular flexibility index (Phi) is 4.34. The van der Waals surface area contributed by atoms with Crippen molar-refractivity contribution in [1.82, 2.24) is 0 Å². The second kappa shape index (κ2) is 6.43. The fourth-order valence-corrected chi connectivity index (χ4v) is 2.84. The van der Waals surface area contributed by atoms with Crippen LogP contribution in [0.3, 0.4) is 0 Å². The van der Waals surface area contributed by atoms with Gasteiger partial charge in [0.25, 0.3) is 0 Å². The molecule has 0 bridgehead atoms. The Morgan fingerprint density at radius 1 is 1.21 bits per heavy atom. The number of hydrogen-bond donors (Lipinski definition) is 1. The predicted molar refractivity (Wildman–Crippen MR) is 91.4 cm³/mol. The fourth-order valence-electron chi connectivity index (χ4n) is 2.84. The quantitative estimate of drug-likeness (QED) is 0.939. The maximum absolute atomic E-state index is 13.6. The zero-order valence-electron chi connectivity index (χ0n) is 13.7. The molecule has 1 heterocycles. The predicted octanol–water partition coefficient (Wildman–Crippen LogP) is 3.43. The van der Waals surface area contributed by atoms with Gasteiger partial charge in [0.05, 0.1) is 5.92 Å². The average molecular weight is 326 g/mol. The molecule has 1 atom stereocenters. The van der Waals surface area contributed by atoms with Crippen molar-refractivity contribution in [3.8, 4) is 0 Å². The molecule has 124 valence electrons. The van der Waals surface area contributed by atoms with Crippen LogP contribution in [-0.2, 0) is 9.59 Å². The van der Waals surface area contributed by atoms with Gasteiger partial charge in [-0.05, 0) is 49.2 Å². The van der Waals surface area contributed by atoms with Crippen molar-refractivity contribution in [1.29, 1.82) is 0 Å². The third-order valence-corrected chi connectivity index (χ3v) is 4.25. The third-order valence-electron chi connectivity index (χ3n) is 4.25. The van der Waals surface area contributed by atoms with E-state index in [-0.39, 0.29) is 24.1 Å². The molecular formula is C19H19FN2O2. The first kappa shape index (κ1) is 16.2. The van der Waals surface area contributed by atoms with Gasteiger partial charge >= 0.3 is 0 Å². The van der Waals surface area contributed by atoms with Crippen LogP contribution in [0.5, 0.6) is 0 Å². The maximum Gasteiger partial charge on any atom is 0.229 e. The van der Waals surface area contributed by atoms with Gasteiger partial charge in [0, 0.05) is 24.3 Å². The Balaban J connectivity index is 1.70. The van der Waals surface area contributed by atoms with Gasteiger partial charge in [-0.15, -0.1) is 0 Å². The summed E-state index contributed by atoms with van der Waals surface area (Å²) in [7, 11) is 0. The lowest BCUT2D eigenvalue weighted by Crippen LogP contribution is -2.28. The van der Waals surface area contributed by atoms with Crippen molar-refractivity contribution in [2.24, 2.45) is 5.92 Å². The molecule has 0 spiro atoms. The first-order valence-corrected chi connectivity index (χ1v) is 7.88. The van der Waals surface area contributed by atoms with E-state index in [0.717, 1.165) is 11.3 Å². The Hall–Kier alpha value is -2.69. The zero-order chi connectivity index (χ0) is 17.3. The second-order valence-electron chi connectivity index (χ2n) is 6.20. The number of anilines is 2. The number of nitrogens with one attached hydrogen (secondary N) is 1. The molecular weight excluding hydrogens is 307 g/mol. The molecule has 0 saturated carbocycles. The van der Waals surface area contributed by atoms with Crippen LogP contribution < -0.4 is 10.2 Å². The van der Waals surface area contributed by atoms with Crippen molar-refractivity contribution in [2.45, 2.75) is 20.3 Å². The molecule has 3 rings (SSSR count).